The molecule has 77 heavy (non-hydrogen) atoms. The molecule has 5 fully saturated rings. The molecule has 0 radical (unpaired) electrons. The summed E-state index contributed by atoms with van der Waals surface area (Å²) in [6, 6.07) is 18.2. The molecule has 3 N–H and O–H groups in total. The van der Waals surface area contributed by atoms with Crippen molar-refractivity contribution in [1.29, 1.82) is 5.26 Å². The molecular formula is C60H64F2N10O5. The molecule has 17 heteroatoms. The zero-order valence-electron chi connectivity index (χ0n) is 43.7. The molecular weight excluding hydrogens is 979 g/mol. The lowest BCUT2D eigenvalue weighted by molar-refractivity contribution is 0.0482. The van der Waals surface area contributed by atoms with Crippen LogP contribution in [0.1, 0.15) is 96.5 Å². The summed E-state index contributed by atoms with van der Waals surface area (Å²) < 4.78 is 39.0. The molecule has 4 saturated heterocycles. The molecule has 1 saturated carbocycles. The van der Waals surface area contributed by atoms with Crippen LogP contribution in [0.3, 0.4) is 0 Å². The lowest BCUT2D eigenvalue weighted by Crippen LogP contribution is -2.54. The number of halogens is 2. The summed E-state index contributed by atoms with van der Waals surface area (Å²) in [5.74, 6) is 0.937. The van der Waals surface area contributed by atoms with Crippen LogP contribution in [0.2, 0.25) is 0 Å². The number of piperazine rings is 2. The fraction of sp³-hybridized carbons (Fsp3) is 0.450. The number of phenols is 3. The predicted molar refractivity (Wildman–Crippen MR) is 288 cm³/mol. The van der Waals surface area contributed by atoms with Gasteiger partial charge in [0.15, 0.2) is 5.82 Å². The number of nitrogens with zero attached hydrogens (tertiary/aromatic N) is 10. The first-order chi connectivity index (χ1) is 37.2. The Kier molecular flexibility index (Phi) is 13.4. The Morgan fingerprint density at radius 1 is 0.870 bits per heavy atom. The number of fused-ring (bicyclic) bond motifs is 5. The molecule has 5 aliphatic heterocycles. The van der Waals surface area contributed by atoms with E-state index in [1.54, 1.807) is 17.2 Å². The van der Waals surface area contributed by atoms with Gasteiger partial charge in [0.25, 0.3) is 5.91 Å². The van der Waals surface area contributed by atoms with E-state index in [1.807, 2.05) is 13.8 Å². The van der Waals surface area contributed by atoms with Crippen LogP contribution in [0.15, 0.2) is 60.8 Å². The number of likely N-dealkylation sites (tertiary alicyclic amines) is 1. The highest BCUT2D eigenvalue weighted by Gasteiger charge is 2.46. The van der Waals surface area contributed by atoms with Crippen molar-refractivity contribution in [3.8, 4) is 52.9 Å². The van der Waals surface area contributed by atoms with Crippen molar-refractivity contribution in [3.63, 3.8) is 0 Å². The van der Waals surface area contributed by atoms with Crippen molar-refractivity contribution >= 4 is 33.4 Å². The average molecular weight is 1040 g/mol. The number of nitriles is 1. The smallest absolute Gasteiger partial charge is 0.319 e. The van der Waals surface area contributed by atoms with Gasteiger partial charge in [-0.2, -0.15) is 15.2 Å². The number of amides is 1. The maximum absolute atomic E-state index is 17.3. The van der Waals surface area contributed by atoms with E-state index in [0.29, 0.717) is 67.5 Å². The highest BCUT2D eigenvalue weighted by molar-refractivity contribution is 6.03. The van der Waals surface area contributed by atoms with Crippen LogP contribution in [-0.4, -0.2) is 151 Å². The molecule has 4 aromatic carbocycles. The fourth-order valence-electron chi connectivity index (χ4n) is 13.1. The minimum atomic E-state index is -0.759. The Labute approximate surface area is 447 Å². The third-order valence-corrected chi connectivity index (χ3v) is 17.5. The number of carbonyl (C=O) groups is 1. The van der Waals surface area contributed by atoms with Crippen LogP contribution in [0.25, 0.3) is 32.9 Å². The summed E-state index contributed by atoms with van der Waals surface area (Å²) in [6.45, 7) is 14.5. The van der Waals surface area contributed by atoms with E-state index < -0.39 is 11.6 Å². The number of ether oxygens (including phenoxy) is 1. The fourth-order valence-corrected chi connectivity index (χ4v) is 13.1. The number of anilines is 1. The number of hydrogen-bond donors (Lipinski definition) is 3. The van der Waals surface area contributed by atoms with E-state index in [-0.39, 0.29) is 85.9 Å². The number of carbonyl (C=O) groups excluding carboxylic acids is 1. The van der Waals surface area contributed by atoms with E-state index in [4.69, 9.17) is 21.1 Å². The molecule has 7 heterocycles. The number of benzene rings is 4. The standard InChI is InChI=1S/C60H64F2N10O5/c1-4-45-50(61)10-7-38-24-44(73)25-48(53(38)45)55-54(62)56-49(28-64-55)57(70-32-42-8-9-43(33-70)72(42)18-15-63)66-59(65-56)77-35-60(13-14-60)34-68-16-11-41(12-17-68)69-21-19-67(20-22-69)29-37-5-6-39-30-71(31-40(39)23-37)58(76)47-26-46(36(2)3)51(74)27-52(47)75/h1,5-7,10,23-28,36,41-43,73-75H,8-9,11-14,16-22,29-35H2,2-3H3. The Morgan fingerprint density at radius 2 is 1.62 bits per heavy atom. The molecule has 2 aromatic heterocycles. The first-order valence-corrected chi connectivity index (χ1v) is 27.2. The Hall–Kier alpha value is -7.15. The highest BCUT2D eigenvalue weighted by atomic mass is 19.1. The van der Waals surface area contributed by atoms with Crippen molar-refractivity contribution in [1.82, 2.24) is 39.5 Å². The van der Waals surface area contributed by atoms with Crippen LogP contribution in [0.5, 0.6) is 23.3 Å². The van der Waals surface area contributed by atoms with Gasteiger partial charge in [-0.3, -0.25) is 24.5 Å². The summed E-state index contributed by atoms with van der Waals surface area (Å²) in [6.07, 6.45) is 13.4. The Balaban J connectivity index is 0.681. The van der Waals surface area contributed by atoms with Crippen LogP contribution in [0.4, 0.5) is 14.6 Å². The largest absolute Gasteiger partial charge is 0.508 e. The SMILES string of the molecule is C#Cc1c(F)ccc2cc(O)cc(-c3ncc4c(N5CC6CCC(C5)N6CC#N)nc(OCC5(CN6CCC(N7CCN(Cc8ccc9c(c8)CN(C(=O)c8cc(C(C)C)c(O)cc8O)C9)CC7)CC6)CC5)nc4c3F)c12. The summed E-state index contributed by atoms with van der Waals surface area (Å²) >= 11 is 0. The molecule has 2 unspecified atom stereocenters. The van der Waals surface area contributed by atoms with Crippen LogP contribution >= 0.6 is 0 Å². The van der Waals surface area contributed by atoms with E-state index in [0.717, 1.165) is 102 Å². The van der Waals surface area contributed by atoms with Crippen molar-refractivity contribution < 1.29 is 33.6 Å². The van der Waals surface area contributed by atoms with Gasteiger partial charge in [0.05, 0.1) is 35.7 Å². The number of pyridine rings is 1. The molecule has 6 aliphatic rings. The monoisotopic (exact) mass is 1040 g/mol. The minimum Gasteiger partial charge on any atom is -0.508 e. The van der Waals surface area contributed by atoms with Crippen molar-refractivity contribution in [2.75, 3.05) is 77.0 Å². The molecule has 6 aromatic rings. The topological polar surface area (TPSA) is 169 Å². The number of aromatic nitrogens is 3. The van der Waals surface area contributed by atoms with E-state index in [2.05, 4.69) is 59.7 Å². The molecule has 15 nitrogen and oxygen atoms in total. The van der Waals surface area contributed by atoms with E-state index in [1.165, 1.54) is 35.9 Å². The molecule has 1 amide bonds. The number of phenolic OH excluding ortho intramolecular Hbond substituents is 3. The van der Waals surface area contributed by atoms with Gasteiger partial charge in [-0.05, 0) is 109 Å². The third-order valence-electron chi connectivity index (χ3n) is 17.5. The number of terminal acetylenes is 1. The average Bonchev–Trinajstić information content (AvgIpc) is 4.02. The van der Waals surface area contributed by atoms with Crippen LogP contribution in [0, 0.1) is 40.7 Å². The van der Waals surface area contributed by atoms with Gasteiger partial charge in [-0.15, -0.1) is 6.42 Å². The lowest BCUT2D eigenvalue weighted by Gasteiger charge is -2.43. The first-order valence-electron chi connectivity index (χ1n) is 27.2. The van der Waals surface area contributed by atoms with Gasteiger partial charge < -0.3 is 34.8 Å². The zero-order valence-corrected chi connectivity index (χ0v) is 43.7. The molecule has 0 spiro atoms. The molecule has 12 rings (SSSR count). The van der Waals surface area contributed by atoms with Gasteiger partial charge in [0.2, 0.25) is 0 Å². The van der Waals surface area contributed by atoms with Gasteiger partial charge in [0, 0.05) is 112 Å². The summed E-state index contributed by atoms with van der Waals surface area (Å²) in [4.78, 5) is 41.8. The predicted octanol–water partition coefficient (Wildman–Crippen LogP) is 8.12. The van der Waals surface area contributed by atoms with Gasteiger partial charge in [-0.25, -0.2) is 8.78 Å². The van der Waals surface area contributed by atoms with E-state index >= 15 is 8.78 Å². The summed E-state index contributed by atoms with van der Waals surface area (Å²) in [5, 5.41) is 42.4. The van der Waals surface area contributed by atoms with Crippen molar-refractivity contribution in [2.24, 2.45) is 5.41 Å². The quantitative estimate of drug-likeness (QED) is 0.0749. The maximum Gasteiger partial charge on any atom is 0.319 e. The van der Waals surface area contributed by atoms with Crippen molar-refractivity contribution in [2.45, 2.75) is 96.1 Å². The Bertz CT molecular complexity index is 3380. The minimum absolute atomic E-state index is 0.00447. The lowest BCUT2D eigenvalue weighted by atomic mass is 9.96. The highest BCUT2D eigenvalue weighted by Crippen LogP contribution is 2.48. The molecule has 2 atom stereocenters. The maximum atomic E-state index is 17.3. The van der Waals surface area contributed by atoms with Gasteiger partial charge in [0.1, 0.15) is 40.1 Å². The number of hydrogen-bond acceptors (Lipinski definition) is 14. The Morgan fingerprint density at radius 3 is 2.34 bits per heavy atom. The second kappa shape index (κ2) is 20.3. The van der Waals surface area contributed by atoms with Crippen LogP contribution in [-0.2, 0) is 19.6 Å². The number of rotatable bonds is 13. The molecule has 1 aliphatic carbocycles. The number of piperidine rings is 1. The second-order valence-electron chi connectivity index (χ2n) is 22.7. The van der Waals surface area contributed by atoms with Gasteiger partial charge >= 0.3 is 6.01 Å². The molecule has 2 bridgehead atoms. The first kappa shape index (κ1) is 50.7. The van der Waals surface area contributed by atoms with E-state index in [9.17, 15) is 25.4 Å². The summed E-state index contributed by atoms with van der Waals surface area (Å²) in [7, 11) is 0. The zero-order chi connectivity index (χ0) is 53.3. The number of aromatic hydroxyl groups is 3. The summed E-state index contributed by atoms with van der Waals surface area (Å²) in [5.41, 5.74) is 4.23. The second-order valence-corrected chi connectivity index (χ2v) is 22.7. The normalized spacial score (nSPS) is 21.0. The third kappa shape index (κ3) is 9.73. The van der Waals surface area contributed by atoms with Crippen LogP contribution < -0.4 is 9.64 Å². The molecule has 398 valence electrons. The van der Waals surface area contributed by atoms with Gasteiger partial charge in [-0.1, -0.05) is 44.0 Å². The van der Waals surface area contributed by atoms with Crippen molar-refractivity contribution in [3.05, 3.63) is 106 Å².